The molecular formula is C15H16N2O2S. The van der Waals surface area contributed by atoms with Gasteiger partial charge in [-0.15, -0.1) is 11.3 Å². The van der Waals surface area contributed by atoms with Gasteiger partial charge < -0.3 is 15.4 Å². The highest BCUT2D eigenvalue weighted by Gasteiger charge is 2.23. The molecule has 0 atom stereocenters. The zero-order valence-corrected chi connectivity index (χ0v) is 12.3. The summed E-state index contributed by atoms with van der Waals surface area (Å²) in [6, 6.07) is 7.97. The Morgan fingerprint density at radius 2 is 2.20 bits per heavy atom. The first-order valence-corrected chi connectivity index (χ1v) is 7.33. The molecule has 104 valence electrons. The summed E-state index contributed by atoms with van der Waals surface area (Å²) in [5, 5.41) is 0.813. The number of carbonyl (C=O) groups excluding carboxylic acids is 1. The summed E-state index contributed by atoms with van der Waals surface area (Å²) in [5.41, 5.74) is 8.93. The van der Waals surface area contributed by atoms with E-state index in [1.807, 2.05) is 18.2 Å². The molecule has 1 aliphatic heterocycles. The summed E-state index contributed by atoms with van der Waals surface area (Å²) < 4.78 is 5.43. The molecule has 3 rings (SSSR count). The molecule has 0 unspecified atom stereocenters. The van der Waals surface area contributed by atoms with Crippen molar-refractivity contribution in [3.8, 4) is 16.9 Å². The lowest BCUT2D eigenvalue weighted by molar-refractivity contribution is -0.120. The maximum atomic E-state index is 11.7. The molecule has 0 radical (unpaired) electrons. The molecule has 1 aliphatic rings. The molecule has 0 fully saturated rings. The smallest absolute Gasteiger partial charge is 0.264 e. The fourth-order valence-electron chi connectivity index (χ4n) is 2.30. The van der Waals surface area contributed by atoms with Crippen LogP contribution in [0.15, 0.2) is 24.3 Å². The largest absolute Gasteiger partial charge is 0.482 e. The molecule has 5 heteroatoms. The van der Waals surface area contributed by atoms with Crippen LogP contribution in [-0.4, -0.2) is 19.6 Å². The second-order valence-electron chi connectivity index (χ2n) is 4.77. The van der Waals surface area contributed by atoms with Crippen molar-refractivity contribution in [2.75, 3.05) is 24.3 Å². The molecule has 1 aromatic carbocycles. The predicted molar refractivity (Wildman–Crippen MR) is 82.5 cm³/mol. The number of thiophene rings is 1. The third kappa shape index (κ3) is 2.04. The fraction of sp³-hybridized carbons (Fsp3) is 0.267. The van der Waals surface area contributed by atoms with E-state index < -0.39 is 0 Å². The van der Waals surface area contributed by atoms with E-state index in [1.165, 1.54) is 4.88 Å². The minimum atomic E-state index is -0.0396. The number of nitrogen functional groups attached to an aromatic ring is 1. The van der Waals surface area contributed by atoms with Crippen LogP contribution in [0.2, 0.25) is 0 Å². The van der Waals surface area contributed by atoms with Gasteiger partial charge in [0.25, 0.3) is 5.91 Å². The number of rotatable bonds is 2. The first-order chi connectivity index (χ1) is 9.60. The first-order valence-electron chi connectivity index (χ1n) is 6.52. The Bertz CT molecular complexity index is 679. The van der Waals surface area contributed by atoms with Gasteiger partial charge in [0.2, 0.25) is 0 Å². The molecule has 0 saturated heterocycles. The van der Waals surface area contributed by atoms with E-state index in [9.17, 15) is 4.79 Å². The number of hydrogen-bond donors (Lipinski definition) is 1. The number of hydrogen-bond acceptors (Lipinski definition) is 4. The van der Waals surface area contributed by atoms with Gasteiger partial charge in [-0.05, 0) is 30.2 Å². The number of nitrogens with two attached hydrogens (primary N) is 1. The molecule has 2 N–H and O–H groups in total. The molecule has 4 nitrogen and oxygen atoms in total. The number of carbonyl (C=O) groups is 1. The Labute approximate surface area is 121 Å². The van der Waals surface area contributed by atoms with Crippen LogP contribution < -0.4 is 15.4 Å². The van der Waals surface area contributed by atoms with E-state index in [2.05, 4.69) is 13.0 Å². The third-order valence-corrected chi connectivity index (χ3v) is 4.63. The topological polar surface area (TPSA) is 55.6 Å². The maximum Gasteiger partial charge on any atom is 0.264 e. The lowest BCUT2D eigenvalue weighted by atomic mass is 10.1. The van der Waals surface area contributed by atoms with E-state index in [4.69, 9.17) is 10.5 Å². The molecule has 20 heavy (non-hydrogen) atoms. The van der Waals surface area contributed by atoms with Crippen molar-refractivity contribution >= 4 is 27.9 Å². The Balaban J connectivity index is 2.07. The standard InChI is InChI=1S/C15H16N2O2S/c1-3-10-7-11(15(16)20-10)9-4-5-13-12(6-9)17(2)14(18)8-19-13/h4-7H,3,8,16H2,1-2H3. The molecule has 2 heterocycles. The summed E-state index contributed by atoms with van der Waals surface area (Å²) in [4.78, 5) is 14.6. The van der Waals surface area contributed by atoms with E-state index in [1.54, 1.807) is 23.3 Å². The monoisotopic (exact) mass is 288 g/mol. The van der Waals surface area contributed by atoms with Crippen LogP contribution in [0.1, 0.15) is 11.8 Å². The molecule has 1 amide bonds. The van der Waals surface area contributed by atoms with Gasteiger partial charge in [0.15, 0.2) is 6.61 Å². The highest BCUT2D eigenvalue weighted by atomic mass is 32.1. The van der Waals surface area contributed by atoms with Crippen molar-refractivity contribution in [3.63, 3.8) is 0 Å². The number of amides is 1. The van der Waals surface area contributed by atoms with Crippen LogP contribution in [0.4, 0.5) is 10.7 Å². The van der Waals surface area contributed by atoms with Crippen molar-refractivity contribution in [2.24, 2.45) is 0 Å². The minimum absolute atomic E-state index is 0.0396. The number of fused-ring (bicyclic) bond motifs is 1. The number of aryl methyl sites for hydroxylation is 1. The zero-order chi connectivity index (χ0) is 14.3. The number of ether oxygens (including phenoxy) is 1. The number of anilines is 2. The number of benzene rings is 1. The molecule has 1 aromatic heterocycles. The maximum absolute atomic E-state index is 11.7. The SMILES string of the molecule is CCc1cc(-c2ccc3c(c2)N(C)C(=O)CO3)c(N)s1. The molecule has 2 aromatic rings. The van der Waals surface area contributed by atoms with Gasteiger partial charge in [-0.3, -0.25) is 4.79 Å². The van der Waals surface area contributed by atoms with E-state index in [-0.39, 0.29) is 12.5 Å². The quantitative estimate of drug-likeness (QED) is 0.924. The molecule has 0 bridgehead atoms. The van der Waals surface area contributed by atoms with Gasteiger partial charge in [0, 0.05) is 17.5 Å². The zero-order valence-electron chi connectivity index (χ0n) is 11.5. The first kappa shape index (κ1) is 13.0. The van der Waals surface area contributed by atoms with Gasteiger partial charge in [0.05, 0.1) is 10.7 Å². The summed E-state index contributed by atoms with van der Waals surface area (Å²) in [7, 11) is 1.77. The van der Waals surface area contributed by atoms with Crippen molar-refractivity contribution < 1.29 is 9.53 Å². The number of likely N-dealkylation sites (N-methyl/N-ethyl adjacent to an activating group) is 1. The van der Waals surface area contributed by atoms with Gasteiger partial charge in [-0.2, -0.15) is 0 Å². The Kier molecular flexibility index (Phi) is 3.14. The fourth-order valence-corrected chi connectivity index (χ4v) is 3.19. The minimum Gasteiger partial charge on any atom is -0.482 e. The number of nitrogens with zero attached hydrogens (tertiary/aromatic N) is 1. The van der Waals surface area contributed by atoms with Crippen LogP contribution in [-0.2, 0) is 11.2 Å². The van der Waals surface area contributed by atoms with Crippen molar-refractivity contribution in [1.29, 1.82) is 0 Å². The van der Waals surface area contributed by atoms with Gasteiger partial charge in [0.1, 0.15) is 5.75 Å². The average molecular weight is 288 g/mol. The van der Waals surface area contributed by atoms with Crippen LogP contribution in [0.5, 0.6) is 5.75 Å². The Morgan fingerprint density at radius 3 is 2.90 bits per heavy atom. The molecular weight excluding hydrogens is 272 g/mol. The van der Waals surface area contributed by atoms with E-state index in [0.29, 0.717) is 0 Å². The van der Waals surface area contributed by atoms with E-state index in [0.717, 1.165) is 34.0 Å². The van der Waals surface area contributed by atoms with E-state index >= 15 is 0 Å². The average Bonchev–Trinajstić information content (AvgIpc) is 2.84. The lowest BCUT2D eigenvalue weighted by Crippen LogP contribution is -2.35. The normalized spacial score (nSPS) is 14.1. The third-order valence-electron chi connectivity index (χ3n) is 3.52. The highest BCUT2D eigenvalue weighted by molar-refractivity contribution is 7.16. The van der Waals surface area contributed by atoms with Gasteiger partial charge in [-0.1, -0.05) is 13.0 Å². The van der Waals surface area contributed by atoms with Crippen molar-refractivity contribution in [2.45, 2.75) is 13.3 Å². The molecule has 0 aliphatic carbocycles. The van der Waals surface area contributed by atoms with Crippen LogP contribution >= 0.6 is 11.3 Å². The lowest BCUT2D eigenvalue weighted by Gasteiger charge is -2.26. The summed E-state index contributed by atoms with van der Waals surface area (Å²) in [6.07, 6.45) is 0.974. The summed E-state index contributed by atoms with van der Waals surface area (Å²) in [5.74, 6) is 0.697. The van der Waals surface area contributed by atoms with Gasteiger partial charge >= 0.3 is 0 Å². The summed E-state index contributed by atoms with van der Waals surface area (Å²) in [6.45, 7) is 2.21. The van der Waals surface area contributed by atoms with Crippen LogP contribution in [0.25, 0.3) is 11.1 Å². The second kappa shape index (κ2) is 4.83. The van der Waals surface area contributed by atoms with Crippen molar-refractivity contribution in [3.05, 3.63) is 29.1 Å². The van der Waals surface area contributed by atoms with Crippen LogP contribution in [0, 0.1) is 0 Å². The molecule has 0 spiro atoms. The Hall–Kier alpha value is -2.01. The van der Waals surface area contributed by atoms with Crippen molar-refractivity contribution in [1.82, 2.24) is 0 Å². The Morgan fingerprint density at radius 1 is 1.40 bits per heavy atom. The second-order valence-corrected chi connectivity index (χ2v) is 5.94. The summed E-state index contributed by atoms with van der Waals surface area (Å²) >= 11 is 1.61. The highest BCUT2D eigenvalue weighted by Crippen LogP contribution is 2.39. The van der Waals surface area contributed by atoms with Gasteiger partial charge in [-0.25, -0.2) is 0 Å². The van der Waals surface area contributed by atoms with Crippen LogP contribution in [0.3, 0.4) is 0 Å². The molecule has 0 saturated carbocycles. The predicted octanol–water partition coefficient (Wildman–Crippen LogP) is 2.91.